The number of phenols is 1. The predicted octanol–water partition coefficient (Wildman–Crippen LogP) is 3.23. The first-order valence-corrected chi connectivity index (χ1v) is 7.72. The van der Waals surface area contributed by atoms with E-state index in [1.54, 1.807) is 0 Å². The van der Waals surface area contributed by atoms with Crippen LogP contribution in [0.4, 0.5) is 0 Å². The number of nitrogens with zero attached hydrogens (tertiary/aromatic N) is 2. The average Bonchev–Trinajstić information content (AvgIpc) is 3.10. The van der Waals surface area contributed by atoms with Crippen LogP contribution in [0.5, 0.6) is 5.75 Å². The minimum absolute atomic E-state index is 0.331. The van der Waals surface area contributed by atoms with Gasteiger partial charge in [-0.25, -0.2) is 4.98 Å². The number of hydrogen-bond donors (Lipinski definition) is 2. The molecule has 0 spiro atoms. The third kappa shape index (κ3) is 2.74. The van der Waals surface area contributed by atoms with Crippen LogP contribution in [-0.4, -0.2) is 20.7 Å². The lowest BCUT2D eigenvalue weighted by atomic mass is 10.1. The molecule has 4 nitrogen and oxygen atoms in total. The van der Waals surface area contributed by atoms with Gasteiger partial charge in [0, 0.05) is 36.6 Å². The molecule has 1 aromatic carbocycles. The Balaban J connectivity index is 1.67. The summed E-state index contributed by atoms with van der Waals surface area (Å²) in [6.07, 6.45) is 9.32. The first-order chi connectivity index (χ1) is 9.75. The standard InChI is InChI=1S/C15H18BrN3O/c16-12-4-1-3-11(15(12)20)9-18-13-5-2-6-14(13)19-8-7-17-10-19/h1,3-4,7-8,10,13-14,18,20H,2,5-6,9H2. The first kappa shape index (κ1) is 13.6. The predicted molar refractivity (Wildman–Crippen MR) is 81.5 cm³/mol. The lowest BCUT2D eigenvalue weighted by Crippen LogP contribution is -2.33. The third-order valence-corrected chi connectivity index (χ3v) is 4.65. The number of aromatic hydroxyl groups is 1. The molecule has 1 fully saturated rings. The number of imidazole rings is 1. The fourth-order valence-corrected chi connectivity index (χ4v) is 3.35. The summed E-state index contributed by atoms with van der Waals surface area (Å²) >= 11 is 3.35. The summed E-state index contributed by atoms with van der Waals surface area (Å²) in [6.45, 7) is 0.682. The molecule has 0 amide bonds. The van der Waals surface area contributed by atoms with Crippen molar-refractivity contribution in [1.29, 1.82) is 0 Å². The van der Waals surface area contributed by atoms with E-state index in [1.807, 2.05) is 36.9 Å². The van der Waals surface area contributed by atoms with Crippen molar-refractivity contribution in [2.24, 2.45) is 0 Å². The van der Waals surface area contributed by atoms with Gasteiger partial charge in [0.1, 0.15) is 5.75 Å². The molecule has 1 aliphatic carbocycles. The second-order valence-corrected chi connectivity index (χ2v) is 6.10. The van der Waals surface area contributed by atoms with Crippen LogP contribution < -0.4 is 5.32 Å². The highest BCUT2D eigenvalue weighted by atomic mass is 79.9. The molecule has 20 heavy (non-hydrogen) atoms. The van der Waals surface area contributed by atoms with Crippen molar-refractivity contribution in [2.45, 2.75) is 37.9 Å². The van der Waals surface area contributed by atoms with Crippen molar-refractivity contribution in [3.05, 3.63) is 47.0 Å². The number of phenolic OH excluding ortho intramolecular Hbond substituents is 1. The summed E-state index contributed by atoms with van der Waals surface area (Å²) < 4.78 is 2.93. The summed E-state index contributed by atoms with van der Waals surface area (Å²) in [4.78, 5) is 4.13. The molecule has 3 rings (SSSR count). The highest BCUT2D eigenvalue weighted by Gasteiger charge is 2.28. The molecule has 2 aromatic rings. The molecule has 0 aliphatic heterocycles. The fourth-order valence-electron chi connectivity index (χ4n) is 2.94. The molecule has 0 bridgehead atoms. The molecule has 2 N–H and O–H groups in total. The van der Waals surface area contributed by atoms with E-state index in [-0.39, 0.29) is 0 Å². The average molecular weight is 336 g/mol. The van der Waals surface area contributed by atoms with Gasteiger partial charge in [0.2, 0.25) is 0 Å². The molecule has 0 radical (unpaired) electrons. The zero-order valence-corrected chi connectivity index (χ0v) is 12.8. The second kappa shape index (κ2) is 5.97. The molecule has 1 saturated carbocycles. The van der Waals surface area contributed by atoms with Gasteiger partial charge < -0.3 is 15.0 Å². The van der Waals surface area contributed by atoms with Crippen molar-refractivity contribution in [3.63, 3.8) is 0 Å². The van der Waals surface area contributed by atoms with Crippen molar-refractivity contribution >= 4 is 15.9 Å². The first-order valence-electron chi connectivity index (χ1n) is 6.93. The van der Waals surface area contributed by atoms with Gasteiger partial charge in [0.25, 0.3) is 0 Å². The van der Waals surface area contributed by atoms with Crippen LogP contribution >= 0.6 is 15.9 Å². The van der Waals surface area contributed by atoms with E-state index in [0.29, 0.717) is 24.4 Å². The lowest BCUT2D eigenvalue weighted by Gasteiger charge is -2.22. The second-order valence-electron chi connectivity index (χ2n) is 5.24. The number of rotatable bonds is 4. The third-order valence-electron chi connectivity index (χ3n) is 4.01. The Bertz CT molecular complexity index is 571. The highest BCUT2D eigenvalue weighted by molar-refractivity contribution is 9.10. The Morgan fingerprint density at radius 3 is 3.10 bits per heavy atom. The van der Waals surface area contributed by atoms with Gasteiger partial charge in [-0.15, -0.1) is 0 Å². The maximum absolute atomic E-state index is 10.0. The van der Waals surface area contributed by atoms with Crippen LogP contribution in [0.25, 0.3) is 0 Å². The van der Waals surface area contributed by atoms with Crippen LogP contribution in [0.15, 0.2) is 41.4 Å². The fraction of sp³-hybridized carbons (Fsp3) is 0.400. The van der Waals surface area contributed by atoms with Gasteiger partial charge in [0.05, 0.1) is 10.8 Å². The summed E-state index contributed by atoms with van der Waals surface area (Å²) in [7, 11) is 0. The minimum Gasteiger partial charge on any atom is -0.506 e. The van der Waals surface area contributed by atoms with Crippen molar-refractivity contribution in [2.75, 3.05) is 0 Å². The van der Waals surface area contributed by atoms with Crippen molar-refractivity contribution < 1.29 is 5.11 Å². The summed E-state index contributed by atoms with van der Waals surface area (Å²) in [5.74, 6) is 0.331. The van der Waals surface area contributed by atoms with Crippen molar-refractivity contribution in [1.82, 2.24) is 14.9 Å². The quantitative estimate of drug-likeness (QED) is 0.901. The Hall–Kier alpha value is -1.33. The number of nitrogens with one attached hydrogen (secondary N) is 1. The zero-order valence-electron chi connectivity index (χ0n) is 11.2. The molecular weight excluding hydrogens is 318 g/mol. The van der Waals surface area contributed by atoms with Crippen LogP contribution in [0.1, 0.15) is 30.9 Å². The molecule has 1 aliphatic rings. The molecule has 5 heteroatoms. The smallest absolute Gasteiger partial charge is 0.134 e. The van der Waals surface area contributed by atoms with Gasteiger partial charge in [-0.05, 0) is 41.3 Å². The Morgan fingerprint density at radius 2 is 2.30 bits per heavy atom. The van der Waals surface area contributed by atoms with Crippen molar-refractivity contribution in [3.8, 4) is 5.75 Å². The van der Waals surface area contributed by atoms with Gasteiger partial charge in [0.15, 0.2) is 0 Å². The van der Waals surface area contributed by atoms with Gasteiger partial charge in [-0.2, -0.15) is 0 Å². The lowest BCUT2D eigenvalue weighted by molar-refractivity contribution is 0.385. The number of hydrogen-bond acceptors (Lipinski definition) is 3. The van der Waals surface area contributed by atoms with E-state index in [4.69, 9.17) is 0 Å². The van der Waals surface area contributed by atoms with E-state index in [0.717, 1.165) is 16.5 Å². The number of aromatic nitrogens is 2. The number of para-hydroxylation sites is 1. The van der Waals surface area contributed by atoms with Crippen LogP contribution in [0, 0.1) is 0 Å². The maximum Gasteiger partial charge on any atom is 0.134 e. The molecule has 1 heterocycles. The molecule has 0 saturated heterocycles. The molecule has 106 valence electrons. The normalized spacial score (nSPS) is 22.2. The Morgan fingerprint density at radius 1 is 1.40 bits per heavy atom. The molecule has 2 unspecified atom stereocenters. The highest BCUT2D eigenvalue weighted by Crippen LogP contribution is 2.31. The van der Waals surface area contributed by atoms with Crippen LogP contribution in [0.2, 0.25) is 0 Å². The number of benzene rings is 1. The molecular formula is C15H18BrN3O. The van der Waals surface area contributed by atoms with E-state index in [1.165, 1.54) is 12.8 Å². The van der Waals surface area contributed by atoms with E-state index >= 15 is 0 Å². The molecule has 2 atom stereocenters. The Labute approximate surface area is 127 Å². The molecule has 1 aromatic heterocycles. The van der Waals surface area contributed by atoms with Crippen LogP contribution in [0.3, 0.4) is 0 Å². The zero-order chi connectivity index (χ0) is 13.9. The number of halogens is 1. The minimum atomic E-state index is 0.331. The van der Waals surface area contributed by atoms with Crippen LogP contribution in [-0.2, 0) is 6.54 Å². The van der Waals surface area contributed by atoms with E-state index in [2.05, 4.69) is 30.8 Å². The maximum atomic E-state index is 10.0. The van der Waals surface area contributed by atoms with E-state index < -0.39 is 0 Å². The van der Waals surface area contributed by atoms with E-state index in [9.17, 15) is 5.11 Å². The topological polar surface area (TPSA) is 50.1 Å². The summed E-state index contributed by atoms with van der Waals surface area (Å²) in [6, 6.07) is 6.65. The monoisotopic (exact) mass is 335 g/mol. The summed E-state index contributed by atoms with van der Waals surface area (Å²) in [5, 5.41) is 13.6. The van der Waals surface area contributed by atoms with Gasteiger partial charge in [-0.1, -0.05) is 12.1 Å². The van der Waals surface area contributed by atoms with Gasteiger partial charge in [-0.3, -0.25) is 0 Å². The summed E-state index contributed by atoms with van der Waals surface area (Å²) in [5.41, 5.74) is 0.927. The SMILES string of the molecule is Oc1c(Br)cccc1CNC1CCCC1n1ccnc1. The van der Waals surface area contributed by atoms with Gasteiger partial charge >= 0.3 is 0 Å². The Kier molecular flexibility index (Phi) is 4.08. The largest absolute Gasteiger partial charge is 0.506 e.